The molecule has 0 saturated heterocycles. The minimum atomic E-state index is -0.497. The van der Waals surface area contributed by atoms with Crippen LogP contribution in [0.4, 0.5) is 0 Å². The molecule has 0 bridgehead atoms. The van der Waals surface area contributed by atoms with Crippen LogP contribution in [0.2, 0.25) is 0 Å². The van der Waals surface area contributed by atoms with Crippen molar-refractivity contribution in [3.05, 3.63) is 12.2 Å². The molecular formula is C7H14N2O2. The highest BCUT2D eigenvalue weighted by atomic mass is 16.5. The lowest BCUT2D eigenvalue weighted by Crippen LogP contribution is -2.17. The molecule has 3 N–H and O–H groups in total. The van der Waals surface area contributed by atoms with Gasteiger partial charge in [-0.15, -0.1) is 0 Å². The van der Waals surface area contributed by atoms with Crippen LogP contribution in [0, 0.1) is 0 Å². The fourth-order valence-electron chi connectivity index (χ4n) is 0.565. The van der Waals surface area contributed by atoms with Gasteiger partial charge in [0.25, 0.3) is 5.91 Å². The van der Waals surface area contributed by atoms with E-state index in [0.717, 1.165) is 13.0 Å². The average Bonchev–Trinajstić information content (AvgIpc) is 2.04. The van der Waals surface area contributed by atoms with Crippen molar-refractivity contribution in [1.82, 2.24) is 10.8 Å². The fraction of sp³-hybridized carbons (Fsp3) is 0.571. The normalized spacial score (nSPS) is 10.4. The molecule has 1 amide bonds. The number of hydroxylamine groups is 1. The average molecular weight is 158 g/mol. The van der Waals surface area contributed by atoms with Crippen molar-refractivity contribution in [1.29, 1.82) is 0 Å². The van der Waals surface area contributed by atoms with Gasteiger partial charge in [0.15, 0.2) is 0 Å². The summed E-state index contributed by atoms with van der Waals surface area (Å²) >= 11 is 0. The summed E-state index contributed by atoms with van der Waals surface area (Å²) in [6.45, 7) is 3.66. The topological polar surface area (TPSA) is 61.4 Å². The minimum Gasteiger partial charge on any atom is -0.313 e. The first kappa shape index (κ1) is 10.1. The molecule has 0 aromatic heterocycles. The van der Waals surface area contributed by atoms with E-state index < -0.39 is 5.91 Å². The molecule has 0 unspecified atom stereocenters. The Labute approximate surface area is 66.2 Å². The number of hydrogen-bond acceptors (Lipinski definition) is 3. The molecule has 0 radical (unpaired) electrons. The van der Waals surface area contributed by atoms with E-state index in [4.69, 9.17) is 5.21 Å². The Balaban J connectivity index is 3.22. The number of carbonyl (C=O) groups is 1. The first-order chi connectivity index (χ1) is 5.31. The summed E-state index contributed by atoms with van der Waals surface area (Å²) in [6.07, 6.45) is 4.00. The number of nitrogens with one attached hydrogen (secondary N) is 2. The summed E-state index contributed by atoms with van der Waals surface area (Å²) in [4.78, 5) is 10.4. The molecule has 0 aliphatic heterocycles. The Morgan fingerprint density at radius 3 is 2.91 bits per heavy atom. The summed E-state index contributed by atoms with van der Waals surface area (Å²) in [7, 11) is 0. The summed E-state index contributed by atoms with van der Waals surface area (Å²) in [5.41, 5.74) is 1.50. The first-order valence-electron chi connectivity index (χ1n) is 3.62. The van der Waals surface area contributed by atoms with Crippen LogP contribution >= 0.6 is 0 Å². The smallest absolute Gasteiger partial charge is 0.267 e. The van der Waals surface area contributed by atoms with E-state index in [2.05, 4.69) is 12.2 Å². The van der Waals surface area contributed by atoms with Gasteiger partial charge in [0.1, 0.15) is 0 Å². The van der Waals surface area contributed by atoms with Crippen LogP contribution in [-0.4, -0.2) is 24.2 Å². The second-order valence-electron chi connectivity index (χ2n) is 2.08. The predicted molar refractivity (Wildman–Crippen MR) is 42.2 cm³/mol. The number of hydrogen-bond donors (Lipinski definition) is 3. The standard InChI is InChI=1S/C7H14N2O2/c1-2-5-8-6-3-4-7(10)9-11/h3-4,8,11H,2,5-6H2,1H3,(H,9,10)/b4-3+. The van der Waals surface area contributed by atoms with Crippen LogP contribution in [0.3, 0.4) is 0 Å². The van der Waals surface area contributed by atoms with Gasteiger partial charge in [-0.25, -0.2) is 5.48 Å². The van der Waals surface area contributed by atoms with E-state index in [1.807, 2.05) is 0 Å². The van der Waals surface area contributed by atoms with E-state index >= 15 is 0 Å². The summed E-state index contributed by atoms with van der Waals surface area (Å²) in [5.74, 6) is -0.497. The summed E-state index contributed by atoms with van der Waals surface area (Å²) in [6, 6.07) is 0. The van der Waals surface area contributed by atoms with Gasteiger partial charge >= 0.3 is 0 Å². The maximum atomic E-state index is 10.4. The van der Waals surface area contributed by atoms with Gasteiger partial charge in [0.05, 0.1) is 0 Å². The molecule has 4 heteroatoms. The highest BCUT2D eigenvalue weighted by Gasteiger charge is 1.86. The Hall–Kier alpha value is -0.870. The van der Waals surface area contributed by atoms with Crippen LogP contribution in [0.15, 0.2) is 12.2 Å². The molecule has 0 aliphatic carbocycles. The molecule has 0 spiro atoms. The van der Waals surface area contributed by atoms with Gasteiger partial charge in [-0.2, -0.15) is 0 Å². The van der Waals surface area contributed by atoms with Gasteiger partial charge in [-0.1, -0.05) is 13.0 Å². The predicted octanol–water partition coefficient (Wildman–Crippen LogP) is 0.0476. The fourth-order valence-corrected chi connectivity index (χ4v) is 0.565. The third-order valence-corrected chi connectivity index (χ3v) is 1.07. The molecule has 0 saturated carbocycles. The zero-order chi connectivity index (χ0) is 8.53. The van der Waals surface area contributed by atoms with Crippen LogP contribution in [0.1, 0.15) is 13.3 Å². The van der Waals surface area contributed by atoms with Crippen molar-refractivity contribution >= 4 is 5.91 Å². The van der Waals surface area contributed by atoms with E-state index in [1.165, 1.54) is 11.6 Å². The minimum absolute atomic E-state index is 0.497. The molecule has 0 aliphatic rings. The van der Waals surface area contributed by atoms with Crippen LogP contribution in [0.25, 0.3) is 0 Å². The molecule has 0 aromatic carbocycles. The van der Waals surface area contributed by atoms with Gasteiger partial charge < -0.3 is 5.32 Å². The van der Waals surface area contributed by atoms with Crippen molar-refractivity contribution in [2.24, 2.45) is 0 Å². The molecule has 0 heterocycles. The zero-order valence-corrected chi connectivity index (χ0v) is 6.63. The Morgan fingerprint density at radius 2 is 2.36 bits per heavy atom. The van der Waals surface area contributed by atoms with Crippen LogP contribution < -0.4 is 10.8 Å². The van der Waals surface area contributed by atoms with E-state index in [-0.39, 0.29) is 0 Å². The molecule has 0 aromatic rings. The van der Waals surface area contributed by atoms with Gasteiger partial charge in [-0.3, -0.25) is 10.0 Å². The Kier molecular flexibility index (Phi) is 6.67. The lowest BCUT2D eigenvalue weighted by atomic mass is 10.4. The van der Waals surface area contributed by atoms with E-state index in [1.54, 1.807) is 6.08 Å². The van der Waals surface area contributed by atoms with E-state index in [0.29, 0.717) is 6.54 Å². The Bertz CT molecular complexity index is 134. The highest BCUT2D eigenvalue weighted by Crippen LogP contribution is 1.73. The molecule has 0 rings (SSSR count). The maximum absolute atomic E-state index is 10.4. The third-order valence-electron chi connectivity index (χ3n) is 1.07. The molecule has 64 valence electrons. The number of amides is 1. The summed E-state index contributed by atoms with van der Waals surface area (Å²) < 4.78 is 0. The second kappa shape index (κ2) is 7.24. The molecule has 11 heavy (non-hydrogen) atoms. The number of rotatable bonds is 5. The van der Waals surface area contributed by atoms with E-state index in [9.17, 15) is 4.79 Å². The molecule has 4 nitrogen and oxygen atoms in total. The maximum Gasteiger partial charge on any atom is 0.267 e. The number of carbonyl (C=O) groups excluding carboxylic acids is 1. The first-order valence-corrected chi connectivity index (χ1v) is 3.62. The van der Waals surface area contributed by atoms with Gasteiger partial charge in [0.2, 0.25) is 0 Å². The second-order valence-corrected chi connectivity index (χ2v) is 2.08. The van der Waals surface area contributed by atoms with Crippen LogP contribution in [0.5, 0.6) is 0 Å². The molecular weight excluding hydrogens is 144 g/mol. The highest BCUT2D eigenvalue weighted by molar-refractivity contribution is 5.86. The zero-order valence-electron chi connectivity index (χ0n) is 6.63. The SMILES string of the molecule is CCCNC/C=C/C(=O)NO. The monoisotopic (exact) mass is 158 g/mol. The summed E-state index contributed by atoms with van der Waals surface area (Å²) in [5, 5.41) is 11.1. The van der Waals surface area contributed by atoms with Crippen molar-refractivity contribution in [3.63, 3.8) is 0 Å². The molecule has 0 atom stereocenters. The lowest BCUT2D eigenvalue weighted by Gasteiger charge is -1.95. The third kappa shape index (κ3) is 7.02. The molecule has 0 fully saturated rings. The van der Waals surface area contributed by atoms with Crippen molar-refractivity contribution in [3.8, 4) is 0 Å². The van der Waals surface area contributed by atoms with Crippen molar-refractivity contribution in [2.75, 3.05) is 13.1 Å². The lowest BCUT2D eigenvalue weighted by molar-refractivity contribution is -0.124. The largest absolute Gasteiger partial charge is 0.313 e. The van der Waals surface area contributed by atoms with Crippen molar-refractivity contribution in [2.45, 2.75) is 13.3 Å². The Morgan fingerprint density at radius 1 is 1.64 bits per heavy atom. The van der Waals surface area contributed by atoms with Crippen LogP contribution in [-0.2, 0) is 4.79 Å². The van der Waals surface area contributed by atoms with Crippen molar-refractivity contribution < 1.29 is 10.0 Å². The van der Waals surface area contributed by atoms with Gasteiger partial charge in [0, 0.05) is 12.6 Å². The quantitative estimate of drug-likeness (QED) is 0.229. The van der Waals surface area contributed by atoms with Gasteiger partial charge in [-0.05, 0) is 13.0 Å².